The molecule has 0 aliphatic rings. The van der Waals surface area contributed by atoms with E-state index in [-0.39, 0.29) is 0 Å². The highest BCUT2D eigenvalue weighted by atomic mass is 79.9. The summed E-state index contributed by atoms with van der Waals surface area (Å²) >= 11 is 3.48. The smallest absolute Gasteiger partial charge is 0.0341 e. The van der Waals surface area contributed by atoms with E-state index in [4.69, 9.17) is 0 Å². The molecule has 0 aliphatic carbocycles. The number of benzene rings is 1. The summed E-state index contributed by atoms with van der Waals surface area (Å²) in [4.78, 5) is 0. The molecule has 0 amide bonds. The van der Waals surface area contributed by atoms with Gasteiger partial charge in [-0.15, -0.1) is 0 Å². The first-order chi connectivity index (χ1) is 6.15. The molecule has 1 unspecified atom stereocenters. The third-order valence-electron chi connectivity index (χ3n) is 2.19. The molecule has 1 aromatic carbocycles. The minimum atomic E-state index is 0.442. The van der Waals surface area contributed by atoms with Crippen molar-refractivity contribution in [1.82, 2.24) is 5.32 Å². The number of halogens is 1. The first-order valence-electron chi connectivity index (χ1n) is 4.58. The minimum absolute atomic E-state index is 0.442. The van der Waals surface area contributed by atoms with Gasteiger partial charge in [0.1, 0.15) is 0 Å². The molecule has 1 N–H and O–H groups in total. The fraction of sp³-hybridized carbons (Fsp3) is 0.455. The van der Waals surface area contributed by atoms with E-state index in [2.05, 4.69) is 59.4 Å². The van der Waals surface area contributed by atoms with Crippen molar-refractivity contribution in [3.8, 4) is 0 Å². The predicted octanol–water partition coefficient (Wildman–Crippen LogP) is 3.37. The van der Waals surface area contributed by atoms with Crippen molar-refractivity contribution in [2.24, 2.45) is 5.92 Å². The maximum Gasteiger partial charge on any atom is 0.0341 e. The van der Waals surface area contributed by atoms with Crippen LogP contribution in [0.15, 0.2) is 28.7 Å². The van der Waals surface area contributed by atoms with Crippen LogP contribution >= 0.6 is 15.9 Å². The molecule has 0 heterocycles. The monoisotopic (exact) mass is 241 g/mol. The largest absolute Gasteiger partial charge is 0.313 e. The Labute approximate surface area is 88.7 Å². The topological polar surface area (TPSA) is 12.0 Å². The summed E-state index contributed by atoms with van der Waals surface area (Å²) in [5.74, 6) is 0.610. The van der Waals surface area contributed by atoms with E-state index in [0.717, 1.165) is 4.47 Å². The Morgan fingerprint density at radius 2 is 2.00 bits per heavy atom. The average molecular weight is 242 g/mol. The van der Waals surface area contributed by atoms with Gasteiger partial charge in [0.15, 0.2) is 0 Å². The molecule has 0 aromatic heterocycles. The van der Waals surface area contributed by atoms with E-state index in [1.54, 1.807) is 0 Å². The number of nitrogens with one attached hydrogen (secondary N) is 1. The predicted molar refractivity (Wildman–Crippen MR) is 60.8 cm³/mol. The summed E-state index contributed by atoms with van der Waals surface area (Å²) in [7, 11) is 2.01. The van der Waals surface area contributed by atoms with Gasteiger partial charge in [-0.3, -0.25) is 0 Å². The third kappa shape index (κ3) is 2.82. The Hall–Kier alpha value is -0.340. The van der Waals surface area contributed by atoms with Crippen molar-refractivity contribution in [3.05, 3.63) is 34.3 Å². The lowest BCUT2D eigenvalue weighted by atomic mass is 9.96. The van der Waals surface area contributed by atoms with Gasteiger partial charge in [-0.05, 0) is 30.7 Å². The fourth-order valence-corrected chi connectivity index (χ4v) is 2.00. The van der Waals surface area contributed by atoms with E-state index in [1.807, 2.05) is 7.05 Å². The van der Waals surface area contributed by atoms with E-state index < -0.39 is 0 Å². The molecular formula is C11H16BrN. The average Bonchev–Trinajstić information content (AvgIpc) is 2.04. The zero-order chi connectivity index (χ0) is 9.84. The van der Waals surface area contributed by atoms with Crippen LogP contribution in [0.1, 0.15) is 25.5 Å². The molecule has 0 fully saturated rings. The van der Waals surface area contributed by atoms with Gasteiger partial charge in [0, 0.05) is 10.5 Å². The fourth-order valence-electron chi connectivity index (χ4n) is 1.58. The normalized spacial score (nSPS) is 13.3. The van der Waals surface area contributed by atoms with Crippen molar-refractivity contribution in [2.75, 3.05) is 7.05 Å². The lowest BCUT2D eigenvalue weighted by molar-refractivity contribution is 0.443. The van der Waals surface area contributed by atoms with Gasteiger partial charge in [-0.25, -0.2) is 0 Å². The highest BCUT2D eigenvalue weighted by Gasteiger charge is 2.12. The summed E-state index contributed by atoms with van der Waals surface area (Å²) in [6, 6.07) is 8.90. The molecule has 0 aliphatic heterocycles. The second-order valence-corrected chi connectivity index (χ2v) is 4.48. The van der Waals surface area contributed by atoms with Crippen LogP contribution in [-0.4, -0.2) is 7.05 Å². The molecule has 1 aromatic rings. The van der Waals surface area contributed by atoms with E-state index in [9.17, 15) is 0 Å². The van der Waals surface area contributed by atoms with Crippen LogP contribution in [0.25, 0.3) is 0 Å². The van der Waals surface area contributed by atoms with Gasteiger partial charge in [0.05, 0.1) is 0 Å². The number of rotatable bonds is 3. The standard InChI is InChI=1S/C11H16BrN/c1-8(2)11(13-3)9-5-4-6-10(12)7-9/h4-8,11,13H,1-3H3. The van der Waals surface area contributed by atoms with Gasteiger partial charge >= 0.3 is 0 Å². The van der Waals surface area contributed by atoms with Crippen LogP contribution in [0.3, 0.4) is 0 Å². The summed E-state index contributed by atoms with van der Waals surface area (Å²) in [6.07, 6.45) is 0. The highest BCUT2D eigenvalue weighted by molar-refractivity contribution is 9.10. The second-order valence-electron chi connectivity index (χ2n) is 3.57. The van der Waals surface area contributed by atoms with Gasteiger partial charge in [-0.1, -0.05) is 41.9 Å². The minimum Gasteiger partial charge on any atom is -0.313 e. The molecule has 13 heavy (non-hydrogen) atoms. The van der Waals surface area contributed by atoms with E-state index in [0.29, 0.717) is 12.0 Å². The van der Waals surface area contributed by atoms with Crippen LogP contribution in [0, 0.1) is 5.92 Å². The number of hydrogen-bond donors (Lipinski definition) is 1. The van der Waals surface area contributed by atoms with Crippen LogP contribution in [-0.2, 0) is 0 Å². The van der Waals surface area contributed by atoms with Crippen molar-refractivity contribution in [1.29, 1.82) is 0 Å². The van der Waals surface area contributed by atoms with Gasteiger partial charge in [0.25, 0.3) is 0 Å². The Balaban J connectivity index is 2.91. The maximum absolute atomic E-state index is 3.48. The van der Waals surface area contributed by atoms with Gasteiger partial charge in [0.2, 0.25) is 0 Å². The van der Waals surface area contributed by atoms with Crippen molar-refractivity contribution in [2.45, 2.75) is 19.9 Å². The molecule has 1 nitrogen and oxygen atoms in total. The first-order valence-corrected chi connectivity index (χ1v) is 5.37. The summed E-state index contributed by atoms with van der Waals surface area (Å²) in [5.41, 5.74) is 1.34. The summed E-state index contributed by atoms with van der Waals surface area (Å²) in [5, 5.41) is 3.32. The highest BCUT2D eigenvalue weighted by Crippen LogP contribution is 2.23. The lowest BCUT2D eigenvalue weighted by Gasteiger charge is -2.20. The molecule has 0 spiro atoms. The quantitative estimate of drug-likeness (QED) is 0.856. The molecule has 0 radical (unpaired) electrons. The zero-order valence-corrected chi connectivity index (χ0v) is 9.93. The van der Waals surface area contributed by atoms with E-state index >= 15 is 0 Å². The first kappa shape index (κ1) is 10.7. The van der Waals surface area contributed by atoms with Crippen LogP contribution in [0.5, 0.6) is 0 Å². The summed E-state index contributed by atoms with van der Waals surface area (Å²) < 4.78 is 1.14. The Bertz CT molecular complexity index is 271. The van der Waals surface area contributed by atoms with Crippen molar-refractivity contribution >= 4 is 15.9 Å². The zero-order valence-electron chi connectivity index (χ0n) is 8.34. The molecule has 0 saturated carbocycles. The molecule has 1 atom stereocenters. The van der Waals surface area contributed by atoms with Crippen LogP contribution in [0.2, 0.25) is 0 Å². The Morgan fingerprint density at radius 3 is 2.46 bits per heavy atom. The van der Waals surface area contributed by atoms with Crippen molar-refractivity contribution < 1.29 is 0 Å². The van der Waals surface area contributed by atoms with Gasteiger partial charge < -0.3 is 5.32 Å². The molecule has 2 heteroatoms. The molecule has 0 bridgehead atoms. The SMILES string of the molecule is CNC(c1cccc(Br)c1)C(C)C. The van der Waals surface area contributed by atoms with Crippen molar-refractivity contribution in [3.63, 3.8) is 0 Å². The third-order valence-corrected chi connectivity index (χ3v) is 2.68. The molecule has 1 rings (SSSR count). The molecule has 72 valence electrons. The number of hydrogen-bond acceptors (Lipinski definition) is 1. The van der Waals surface area contributed by atoms with Gasteiger partial charge in [-0.2, -0.15) is 0 Å². The maximum atomic E-state index is 3.48. The molecule has 0 saturated heterocycles. The van der Waals surface area contributed by atoms with Crippen LogP contribution in [0.4, 0.5) is 0 Å². The Kier molecular flexibility index (Phi) is 3.94. The molecular weight excluding hydrogens is 226 g/mol. The summed E-state index contributed by atoms with van der Waals surface area (Å²) in [6.45, 7) is 4.45. The van der Waals surface area contributed by atoms with Crippen LogP contribution < -0.4 is 5.32 Å². The van der Waals surface area contributed by atoms with E-state index in [1.165, 1.54) is 5.56 Å². The second kappa shape index (κ2) is 4.77. The Morgan fingerprint density at radius 1 is 1.31 bits per heavy atom. The lowest BCUT2D eigenvalue weighted by Crippen LogP contribution is -2.21.